The number of hydrogen-bond acceptors (Lipinski definition) is 3. The molecule has 0 spiro atoms. The first-order valence-corrected chi connectivity index (χ1v) is 7.14. The van der Waals surface area contributed by atoms with Gasteiger partial charge < -0.3 is 10.1 Å². The third-order valence-electron chi connectivity index (χ3n) is 2.77. The highest BCUT2D eigenvalue weighted by Gasteiger charge is 2.10. The number of hydrogen-bond donors (Lipinski definition) is 1. The smallest absolute Gasteiger partial charge is 0.138 e. The predicted molar refractivity (Wildman–Crippen MR) is 73.3 cm³/mol. The molecule has 4 heteroatoms. The van der Waals surface area contributed by atoms with Crippen LogP contribution in [0.2, 0.25) is 0 Å². The molecule has 0 aromatic carbocycles. The maximum atomic E-state index is 5.82. The number of unbranched alkanes of at least 4 members (excludes halogenated alkanes) is 2. The van der Waals surface area contributed by atoms with Crippen molar-refractivity contribution in [3.8, 4) is 0 Å². The zero-order valence-electron chi connectivity index (χ0n) is 10.2. The van der Waals surface area contributed by atoms with E-state index in [2.05, 4.69) is 16.3 Å². The second-order valence-corrected chi connectivity index (χ2v) is 5.14. The molecule has 0 aliphatic carbocycles. The van der Waals surface area contributed by atoms with Crippen LogP contribution in [0.25, 0.3) is 5.65 Å². The van der Waals surface area contributed by atoms with E-state index >= 15 is 0 Å². The van der Waals surface area contributed by atoms with Gasteiger partial charge in [-0.2, -0.15) is 0 Å². The van der Waals surface area contributed by atoms with Crippen molar-refractivity contribution in [3.63, 3.8) is 0 Å². The van der Waals surface area contributed by atoms with E-state index in [9.17, 15) is 0 Å². The van der Waals surface area contributed by atoms with Gasteiger partial charge in [0, 0.05) is 12.7 Å². The monoisotopic (exact) mass is 249 g/mol. The van der Waals surface area contributed by atoms with E-state index in [1.54, 1.807) is 0 Å². The topological polar surface area (TPSA) is 43.3 Å². The summed E-state index contributed by atoms with van der Waals surface area (Å²) in [4.78, 5) is 4.63. The van der Waals surface area contributed by atoms with Crippen molar-refractivity contribution >= 4 is 17.4 Å². The minimum atomic E-state index is 0.543. The summed E-state index contributed by atoms with van der Waals surface area (Å²) < 4.78 is 2.09. The molecule has 0 radical (unpaired) electrons. The Balaban J connectivity index is 2.15. The number of rotatable bonds is 6. The number of aromatic nitrogens is 2. The summed E-state index contributed by atoms with van der Waals surface area (Å²) in [6.07, 6.45) is 5.83. The standard InChI is InChI=1S/C13H19N3S/c1-2-3-6-9-17-13-11(10-14)16-8-5-4-7-12(16)15-13/h4-5,7-8H,2-3,6,9-10,14H2,1H3. The lowest BCUT2D eigenvalue weighted by Gasteiger charge is -2.01. The average Bonchev–Trinajstić information content (AvgIpc) is 2.72. The van der Waals surface area contributed by atoms with Crippen LogP contribution in [0.5, 0.6) is 0 Å². The van der Waals surface area contributed by atoms with Crippen LogP contribution >= 0.6 is 11.8 Å². The SMILES string of the molecule is CCCCCSc1nc2ccccn2c1CN. The summed E-state index contributed by atoms with van der Waals surface area (Å²) >= 11 is 1.83. The summed E-state index contributed by atoms with van der Waals surface area (Å²) in [6.45, 7) is 2.77. The molecule has 2 heterocycles. The fourth-order valence-corrected chi connectivity index (χ4v) is 2.90. The maximum Gasteiger partial charge on any atom is 0.138 e. The summed E-state index contributed by atoms with van der Waals surface area (Å²) in [6, 6.07) is 6.04. The molecule has 3 nitrogen and oxygen atoms in total. The van der Waals surface area contributed by atoms with E-state index in [-0.39, 0.29) is 0 Å². The summed E-state index contributed by atoms with van der Waals surface area (Å²) in [5.41, 5.74) is 7.94. The summed E-state index contributed by atoms with van der Waals surface area (Å²) in [5.74, 6) is 1.13. The van der Waals surface area contributed by atoms with E-state index in [4.69, 9.17) is 5.73 Å². The number of imidazole rings is 1. The fraction of sp³-hybridized carbons (Fsp3) is 0.462. The maximum absolute atomic E-state index is 5.82. The number of nitrogens with two attached hydrogens (primary N) is 1. The molecule has 0 aliphatic rings. The number of fused-ring (bicyclic) bond motifs is 1. The molecule has 17 heavy (non-hydrogen) atoms. The van der Waals surface area contributed by atoms with E-state index in [1.807, 2.05) is 36.2 Å². The largest absolute Gasteiger partial charge is 0.325 e. The van der Waals surface area contributed by atoms with Gasteiger partial charge >= 0.3 is 0 Å². The van der Waals surface area contributed by atoms with Gasteiger partial charge in [-0.05, 0) is 24.3 Å². The normalized spacial score (nSPS) is 11.2. The van der Waals surface area contributed by atoms with E-state index < -0.39 is 0 Å². The summed E-state index contributed by atoms with van der Waals surface area (Å²) in [5, 5.41) is 1.09. The minimum absolute atomic E-state index is 0.543. The molecule has 92 valence electrons. The molecule has 0 saturated carbocycles. The second-order valence-electron chi connectivity index (χ2n) is 4.05. The van der Waals surface area contributed by atoms with Gasteiger partial charge in [0.15, 0.2) is 0 Å². The fourth-order valence-electron chi connectivity index (χ4n) is 1.85. The Morgan fingerprint density at radius 1 is 1.35 bits per heavy atom. The molecular formula is C13H19N3S. The number of thioether (sulfide) groups is 1. The van der Waals surface area contributed by atoms with Crippen molar-refractivity contribution in [3.05, 3.63) is 30.1 Å². The van der Waals surface area contributed by atoms with Crippen molar-refractivity contribution in [1.82, 2.24) is 9.38 Å². The molecule has 0 amide bonds. The average molecular weight is 249 g/mol. The molecule has 0 unspecified atom stereocenters. The van der Waals surface area contributed by atoms with Gasteiger partial charge in [0.1, 0.15) is 10.7 Å². The highest BCUT2D eigenvalue weighted by atomic mass is 32.2. The Morgan fingerprint density at radius 2 is 2.24 bits per heavy atom. The molecule has 0 aliphatic heterocycles. The van der Waals surface area contributed by atoms with Crippen molar-refractivity contribution in [2.24, 2.45) is 5.73 Å². The van der Waals surface area contributed by atoms with Crippen molar-refractivity contribution in [2.45, 2.75) is 37.8 Å². The molecule has 0 bridgehead atoms. The Morgan fingerprint density at radius 3 is 3.00 bits per heavy atom. The highest BCUT2D eigenvalue weighted by molar-refractivity contribution is 7.99. The van der Waals surface area contributed by atoms with Crippen molar-refractivity contribution < 1.29 is 0 Å². The Kier molecular flexibility index (Phi) is 4.45. The van der Waals surface area contributed by atoms with Crippen LogP contribution in [-0.4, -0.2) is 15.1 Å². The van der Waals surface area contributed by atoms with Crippen LogP contribution in [-0.2, 0) is 6.54 Å². The first kappa shape index (κ1) is 12.5. The van der Waals surface area contributed by atoms with Crippen LogP contribution in [0.15, 0.2) is 29.4 Å². The molecule has 2 rings (SSSR count). The highest BCUT2D eigenvalue weighted by Crippen LogP contribution is 2.24. The minimum Gasteiger partial charge on any atom is -0.325 e. The van der Waals surface area contributed by atoms with Crippen molar-refractivity contribution in [2.75, 3.05) is 5.75 Å². The molecule has 2 aromatic heterocycles. The van der Waals surface area contributed by atoms with Gasteiger partial charge in [0.25, 0.3) is 0 Å². The van der Waals surface area contributed by atoms with E-state index in [0.717, 1.165) is 22.1 Å². The van der Waals surface area contributed by atoms with E-state index in [1.165, 1.54) is 19.3 Å². The van der Waals surface area contributed by atoms with Crippen LogP contribution in [0, 0.1) is 0 Å². The first-order valence-electron chi connectivity index (χ1n) is 6.15. The van der Waals surface area contributed by atoms with Gasteiger partial charge in [-0.1, -0.05) is 25.8 Å². The Hall–Kier alpha value is -1.00. The Labute approximate surface area is 106 Å². The van der Waals surface area contributed by atoms with Crippen LogP contribution < -0.4 is 5.73 Å². The molecule has 0 fully saturated rings. The lowest BCUT2D eigenvalue weighted by atomic mass is 10.3. The van der Waals surface area contributed by atoms with Gasteiger partial charge in [0.2, 0.25) is 0 Å². The van der Waals surface area contributed by atoms with Crippen LogP contribution in [0.4, 0.5) is 0 Å². The molecule has 0 atom stereocenters. The second kappa shape index (κ2) is 6.07. The zero-order valence-corrected chi connectivity index (χ0v) is 11.0. The lowest BCUT2D eigenvalue weighted by molar-refractivity contribution is 0.778. The van der Waals surface area contributed by atoms with Gasteiger partial charge in [-0.25, -0.2) is 4.98 Å². The zero-order chi connectivity index (χ0) is 12.1. The molecule has 2 aromatic rings. The van der Waals surface area contributed by atoms with E-state index in [0.29, 0.717) is 6.54 Å². The predicted octanol–water partition coefficient (Wildman–Crippen LogP) is 3.08. The first-order chi connectivity index (χ1) is 8.36. The van der Waals surface area contributed by atoms with Gasteiger partial charge in [-0.15, -0.1) is 11.8 Å². The molecule has 0 saturated heterocycles. The summed E-state index contributed by atoms with van der Waals surface area (Å²) in [7, 11) is 0. The Bertz CT molecular complexity index is 478. The third kappa shape index (κ3) is 2.82. The van der Waals surface area contributed by atoms with Crippen LogP contribution in [0.1, 0.15) is 31.9 Å². The number of nitrogens with zero attached hydrogens (tertiary/aromatic N) is 2. The molecular weight excluding hydrogens is 230 g/mol. The lowest BCUT2D eigenvalue weighted by Crippen LogP contribution is -2.02. The molecule has 2 N–H and O–H groups in total. The van der Waals surface area contributed by atoms with Crippen molar-refractivity contribution in [1.29, 1.82) is 0 Å². The van der Waals surface area contributed by atoms with Gasteiger partial charge in [0.05, 0.1) is 5.69 Å². The van der Waals surface area contributed by atoms with Crippen LogP contribution in [0.3, 0.4) is 0 Å². The quantitative estimate of drug-likeness (QED) is 0.632. The van der Waals surface area contributed by atoms with Gasteiger partial charge in [-0.3, -0.25) is 0 Å². The number of pyridine rings is 1. The third-order valence-corrected chi connectivity index (χ3v) is 3.87.